The molecule has 2 aromatic heterocycles. The number of amides is 1. The van der Waals surface area contributed by atoms with E-state index in [1.165, 1.54) is 4.90 Å². The number of hydrogen-bond donors (Lipinski definition) is 1. The SMILES string of the molecule is CN(Cc1ccco1)C(=O)c1cc2c([nH]c1=O)CCC2. The van der Waals surface area contributed by atoms with Gasteiger partial charge in [-0.1, -0.05) is 0 Å². The van der Waals surface area contributed by atoms with Crippen LogP contribution >= 0.6 is 0 Å². The Morgan fingerprint density at radius 1 is 1.45 bits per heavy atom. The second-order valence-electron chi connectivity index (χ2n) is 5.11. The lowest BCUT2D eigenvalue weighted by molar-refractivity contribution is 0.0773. The summed E-state index contributed by atoms with van der Waals surface area (Å²) in [6, 6.07) is 5.31. The number of carbonyl (C=O) groups is 1. The first kappa shape index (κ1) is 12.7. The fraction of sp³-hybridized carbons (Fsp3) is 0.333. The van der Waals surface area contributed by atoms with Gasteiger partial charge in [0.25, 0.3) is 11.5 Å². The summed E-state index contributed by atoms with van der Waals surface area (Å²) in [4.78, 5) is 28.7. The van der Waals surface area contributed by atoms with E-state index in [4.69, 9.17) is 4.42 Å². The fourth-order valence-electron chi connectivity index (χ4n) is 2.59. The summed E-state index contributed by atoms with van der Waals surface area (Å²) < 4.78 is 5.21. The average Bonchev–Trinajstić information content (AvgIpc) is 3.07. The summed E-state index contributed by atoms with van der Waals surface area (Å²) in [6.45, 7) is 0.350. The van der Waals surface area contributed by atoms with Crippen LogP contribution in [-0.2, 0) is 19.4 Å². The van der Waals surface area contributed by atoms with E-state index in [1.807, 2.05) is 0 Å². The van der Waals surface area contributed by atoms with Gasteiger partial charge in [-0.25, -0.2) is 0 Å². The van der Waals surface area contributed by atoms with Crippen LogP contribution in [0.15, 0.2) is 33.7 Å². The molecule has 0 fully saturated rings. The number of aromatic amines is 1. The van der Waals surface area contributed by atoms with Crippen molar-refractivity contribution < 1.29 is 9.21 Å². The first-order chi connectivity index (χ1) is 9.65. The molecule has 3 rings (SSSR count). The van der Waals surface area contributed by atoms with Gasteiger partial charge >= 0.3 is 0 Å². The summed E-state index contributed by atoms with van der Waals surface area (Å²) in [7, 11) is 1.66. The largest absolute Gasteiger partial charge is 0.467 e. The molecule has 20 heavy (non-hydrogen) atoms. The number of carbonyl (C=O) groups excluding carboxylic acids is 1. The number of aryl methyl sites for hydroxylation is 2. The minimum absolute atomic E-state index is 0.208. The van der Waals surface area contributed by atoms with Crippen molar-refractivity contribution in [3.05, 3.63) is 57.4 Å². The van der Waals surface area contributed by atoms with Gasteiger partial charge in [-0.2, -0.15) is 0 Å². The zero-order valence-corrected chi connectivity index (χ0v) is 11.3. The highest BCUT2D eigenvalue weighted by atomic mass is 16.3. The Morgan fingerprint density at radius 3 is 3.05 bits per heavy atom. The minimum atomic E-state index is -0.304. The number of nitrogens with one attached hydrogen (secondary N) is 1. The third kappa shape index (κ3) is 2.27. The van der Waals surface area contributed by atoms with Crippen LogP contribution in [0.2, 0.25) is 0 Å². The van der Waals surface area contributed by atoms with Crippen molar-refractivity contribution in [3.8, 4) is 0 Å². The molecule has 0 aromatic carbocycles. The molecule has 2 heterocycles. The molecule has 5 heteroatoms. The molecule has 104 valence electrons. The molecular weight excluding hydrogens is 256 g/mol. The Morgan fingerprint density at radius 2 is 2.30 bits per heavy atom. The molecule has 0 unspecified atom stereocenters. The minimum Gasteiger partial charge on any atom is -0.467 e. The van der Waals surface area contributed by atoms with Gasteiger partial charge in [-0.15, -0.1) is 0 Å². The van der Waals surface area contributed by atoms with E-state index in [0.717, 1.165) is 30.5 Å². The highest BCUT2D eigenvalue weighted by Gasteiger charge is 2.20. The molecule has 2 aromatic rings. The summed E-state index contributed by atoms with van der Waals surface area (Å²) in [5, 5.41) is 0. The van der Waals surface area contributed by atoms with Gasteiger partial charge in [0, 0.05) is 12.7 Å². The van der Waals surface area contributed by atoms with E-state index >= 15 is 0 Å². The molecule has 1 N–H and O–H groups in total. The molecule has 1 amide bonds. The number of fused-ring (bicyclic) bond motifs is 1. The molecule has 1 aliphatic rings. The van der Waals surface area contributed by atoms with Gasteiger partial charge in [0.05, 0.1) is 12.8 Å². The zero-order chi connectivity index (χ0) is 14.1. The smallest absolute Gasteiger partial charge is 0.261 e. The van der Waals surface area contributed by atoms with E-state index in [2.05, 4.69) is 4.98 Å². The van der Waals surface area contributed by atoms with Gasteiger partial charge < -0.3 is 14.3 Å². The zero-order valence-electron chi connectivity index (χ0n) is 11.3. The van der Waals surface area contributed by atoms with Crippen LogP contribution in [0.4, 0.5) is 0 Å². The van der Waals surface area contributed by atoms with Crippen molar-refractivity contribution in [1.29, 1.82) is 0 Å². The first-order valence-electron chi connectivity index (χ1n) is 6.68. The van der Waals surface area contributed by atoms with E-state index in [1.54, 1.807) is 31.5 Å². The van der Waals surface area contributed by atoms with Crippen molar-refractivity contribution in [2.24, 2.45) is 0 Å². The summed E-state index contributed by atoms with van der Waals surface area (Å²) >= 11 is 0. The third-order valence-corrected chi connectivity index (χ3v) is 3.64. The van der Waals surface area contributed by atoms with Gasteiger partial charge in [0.2, 0.25) is 0 Å². The van der Waals surface area contributed by atoms with Crippen molar-refractivity contribution >= 4 is 5.91 Å². The van der Waals surface area contributed by atoms with Gasteiger partial charge in [-0.3, -0.25) is 9.59 Å². The maximum absolute atomic E-state index is 12.4. The Hall–Kier alpha value is -2.30. The molecule has 0 aliphatic heterocycles. The summed E-state index contributed by atoms with van der Waals surface area (Å²) in [5.74, 6) is 0.413. The molecule has 0 saturated carbocycles. The first-order valence-corrected chi connectivity index (χ1v) is 6.68. The predicted octanol–water partition coefficient (Wildman–Crippen LogP) is 1.73. The van der Waals surface area contributed by atoms with Crippen LogP contribution in [0.25, 0.3) is 0 Å². The fourth-order valence-corrected chi connectivity index (χ4v) is 2.59. The van der Waals surface area contributed by atoms with Crippen LogP contribution in [-0.4, -0.2) is 22.8 Å². The molecule has 0 bridgehead atoms. The van der Waals surface area contributed by atoms with Crippen molar-refractivity contribution in [3.63, 3.8) is 0 Å². The highest BCUT2D eigenvalue weighted by Crippen LogP contribution is 2.19. The monoisotopic (exact) mass is 272 g/mol. The van der Waals surface area contributed by atoms with Crippen LogP contribution < -0.4 is 5.56 Å². The van der Waals surface area contributed by atoms with Crippen LogP contribution in [0.1, 0.15) is 33.8 Å². The Labute approximate surface area is 116 Å². The van der Waals surface area contributed by atoms with Crippen LogP contribution in [0.3, 0.4) is 0 Å². The quantitative estimate of drug-likeness (QED) is 0.925. The number of pyridine rings is 1. The van der Waals surface area contributed by atoms with Crippen molar-refractivity contribution in [2.75, 3.05) is 7.05 Å². The number of hydrogen-bond acceptors (Lipinski definition) is 3. The van der Waals surface area contributed by atoms with Crippen molar-refractivity contribution in [1.82, 2.24) is 9.88 Å². The maximum atomic E-state index is 12.4. The van der Waals surface area contributed by atoms with Crippen LogP contribution in [0, 0.1) is 0 Å². The summed E-state index contributed by atoms with van der Waals surface area (Å²) in [5.41, 5.74) is 1.96. The molecule has 0 spiro atoms. The predicted molar refractivity (Wildman–Crippen MR) is 73.6 cm³/mol. The van der Waals surface area contributed by atoms with Gasteiger partial charge in [-0.05, 0) is 43.0 Å². The lowest BCUT2D eigenvalue weighted by atomic mass is 10.1. The number of aromatic nitrogens is 1. The second kappa shape index (κ2) is 5.00. The molecule has 0 saturated heterocycles. The van der Waals surface area contributed by atoms with E-state index < -0.39 is 0 Å². The lowest BCUT2D eigenvalue weighted by Gasteiger charge is -2.15. The van der Waals surface area contributed by atoms with Crippen LogP contribution in [0.5, 0.6) is 0 Å². The third-order valence-electron chi connectivity index (χ3n) is 3.64. The molecular formula is C15H16N2O3. The number of H-pyrrole nitrogens is 1. The average molecular weight is 272 g/mol. The topological polar surface area (TPSA) is 66.3 Å². The van der Waals surface area contributed by atoms with E-state index in [9.17, 15) is 9.59 Å². The second-order valence-corrected chi connectivity index (χ2v) is 5.11. The highest BCUT2D eigenvalue weighted by molar-refractivity contribution is 5.93. The Balaban J connectivity index is 1.85. The maximum Gasteiger partial charge on any atom is 0.261 e. The molecule has 0 atom stereocenters. The Bertz CT molecular complexity index is 686. The standard InChI is InChI=1S/C15H16N2O3/c1-17(9-11-5-3-7-20-11)15(19)12-8-10-4-2-6-13(10)16-14(12)18/h3,5,7-8H,2,4,6,9H2,1H3,(H,16,18). The number of furan rings is 1. The van der Waals surface area contributed by atoms with E-state index in [-0.39, 0.29) is 17.0 Å². The normalized spacial score (nSPS) is 13.2. The van der Waals surface area contributed by atoms with E-state index in [0.29, 0.717) is 12.3 Å². The Kier molecular flexibility index (Phi) is 3.18. The molecule has 5 nitrogen and oxygen atoms in total. The van der Waals surface area contributed by atoms with Gasteiger partial charge in [0.1, 0.15) is 11.3 Å². The molecule has 0 radical (unpaired) electrons. The number of nitrogens with zero attached hydrogens (tertiary/aromatic N) is 1. The van der Waals surface area contributed by atoms with Gasteiger partial charge in [0.15, 0.2) is 0 Å². The lowest BCUT2D eigenvalue weighted by Crippen LogP contribution is -2.31. The van der Waals surface area contributed by atoms with Crippen molar-refractivity contribution in [2.45, 2.75) is 25.8 Å². The number of rotatable bonds is 3. The summed E-state index contributed by atoms with van der Waals surface area (Å²) in [6.07, 6.45) is 4.41. The molecule has 1 aliphatic carbocycles.